The quantitative estimate of drug-likeness (QED) is 0.466. The molecule has 0 spiro atoms. The molecule has 2 heterocycles. The largest absolute Gasteiger partial charge is 0.326 e. The Kier molecular flexibility index (Phi) is 5.63. The van der Waals surface area contributed by atoms with Crippen LogP contribution in [0.1, 0.15) is 12.6 Å². The number of hydrogen-bond acceptors (Lipinski definition) is 7. The summed E-state index contributed by atoms with van der Waals surface area (Å²) in [5.74, 6) is 0.174. The van der Waals surface area contributed by atoms with Crippen LogP contribution in [-0.4, -0.2) is 31.1 Å². The smallest absolute Gasteiger partial charge is 0.221 e. The van der Waals surface area contributed by atoms with Crippen molar-refractivity contribution < 1.29 is 9.18 Å². The SMILES string of the molecule is CC(=O)Nc1cccc(-n2nnnc2SCc2csc(-c3ccc(F)cc3)n2)c1. The third-order valence-electron chi connectivity index (χ3n) is 3.84. The Bertz CT molecular complexity index is 1140. The van der Waals surface area contributed by atoms with E-state index in [0.29, 0.717) is 16.6 Å². The van der Waals surface area contributed by atoms with Crippen molar-refractivity contribution in [1.82, 2.24) is 25.2 Å². The lowest BCUT2D eigenvalue weighted by molar-refractivity contribution is -0.114. The van der Waals surface area contributed by atoms with Crippen LogP contribution >= 0.6 is 23.1 Å². The zero-order valence-corrected chi connectivity index (χ0v) is 16.9. The van der Waals surface area contributed by atoms with Crippen molar-refractivity contribution >= 4 is 34.7 Å². The number of carbonyl (C=O) groups excluding carboxylic acids is 1. The zero-order chi connectivity index (χ0) is 20.2. The molecule has 1 N–H and O–H groups in total. The number of thiazole rings is 1. The van der Waals surface area contributed by atoms with E-state index in [0.717, 1.165) is 22.0 Å². The van der Waals surface area contributed by atoms with Crippen molar-refractivity contribution in [3.05, 3.63) is 65.4 Å². The fraction of sp³-hybridized carbons (Fsp3) is 0.105. The number of aromatic nitrogens is 5. The summed E-state index contributed by atoms with van der Waals surface area (Å²) in [6.07, 6.45) is 0. The molecule has 4 aromatic rings. The molecule has 2 aromatic carbocycles. The number of halogens is 1. The first kappa shape index (κ1) is 19.2. The molecule has 0 unspecified atom stereocenters. The van der Waals surface area contributed by atoms with Crippen molar-refractivity contribution in [2.24, 2.45) is 0 Å². The summed E-state index contributed by atoms with van der Waals surface area (Å²) in [6, 6.07) is 13.6. The molecule has 0 bridgehead atoms. The molecule has 2 aromatic heterocycles. The molecule has 4 rings (SSSR count). The second kappa shape index (κ2) is 8.50. The molecule has 1 amide bonds. The van der Waals surface area contributed by atoms with Gasteiger partial charge in [-0.15, -0.1) is 16.4 Å². The van der Waals surface area contributed by atoms with Gasteiger partial charge in [0.1, 0.15) is 10.8 Å². The van der Waals surface area contributed by atoms with Crippen LogP contribution in [0, 0.1) is 5.82 Å². The molecule has 0 aliphatic carbocycles. The van der Waals surface area contributed by atoms with Gasteiger partial charge in [-0.3, -0.25) is 4.79 Å². The van der Waals surface area contributed by atoms with E-state index in [1.54, 1.807) is 28.9 Å². The number of anilines is 1. The normalized spacial score (nSPS) is 10.8. The maximum absolute atomic E-state index is 13.1. The fourth-order valence-corrected chi connectivity index (χ4v) is 4.30. The molecule has 10 heteroatoms. The summed E-state index contributed by atoms with van der Waals surface area (Å²) in [6.45, 7) is 1.46. The summed E-state index contributed by atoms with van der Waals surface area (Å²) in [5, 5.41) is 18.1. The van der Waals surface area contributed by atoms with Crippen LogP contribution in [0.5, 0.6) is 0 Å². The van der Waals surface area contributed by atoms with Crippen LogP contribution < -0.4 is 5.32 Å². The van der Waals surface area contributed by atoms with Crippen molar-refractivity contribution in [3.63, 3.8) is 0 Å². The predicted octanol–water partition coefficient (Wildman–Crippen LogP) is 4.18. The number of benzene rings is 2. The topological polar surface area (TPSA) is 85.6 Å². The monoisotopic (exact) mass is 426 g/mol. The van der Waals surface area contributed by atoms with Gasteiger partial charge in [0.05, 0.1) is 11.4 Å². The summed E-state index contributed by atoms with van der Waals surface area (Å²) in [7, 11) is 0. The summed E-state index contributed by atoms with van der Waals surface area (Å²) < 4.78 is 14.7. The molecular weight excluding hydrogens is 411 g/mol. The Balaban J connectivity index is 1.48. The Morgan fingerprint density at radius 1 is 1.24 bits per heavy atom. The van der Waals surface area contributed by atoms with Gasteiger partial charge < -0.3 is 5.32 Å². The molecule has 0 saturated carbocycles. The van der Waals surface area contributed by atoms with Gasteiger partial charge in [-0.2, -0.15) is 4.68 Å². The summed E-state index contributed by atoms with van der Waals surface area (Å²) >= 11 is 2.96. The maximum atomic E-state index is 13.1. The van der Waals surface area contributed by atoms with Gasteiger partial charge in [0.2, 0.25) is 11.1 Å². The van der Waals surface area contributed by atoms with E-state index in [1.807, 2.05) is 17.5 Å². The van der Waals surface area contributed by atoms with E-state index in [9.17, 15) is 9.18 Å². The number of rotatable bonds is 6. The van der Waals surface area contributed by atoms with Crippen molar-refractivity contribution in [2.45, 2.75) is 17.8 Å². The number of amides is 1. The molecule has 0 aliphatic heterocycles. The summed E-state index contributed by atoms with van der Waals surface area (Å²) in [4.78, 5) is 15.9. The Morgan fingerprint density at radius 2 is 2.07 bits per heavy atom. The average Bonchev–Trinajstić information content (AvgIpc) is 3.36. The number of nitrogens with zero attached hydrogens (tertiary/aromatic N) is 5. The van der Waals surface area contributed by atoms with E-state index >= 15 is 0 Å². The molecule has 0 fully saturated rings. The first-order chi connectivity index (χ1) is 14.1. The lowest BCUT2D eigenvalue weighted by Crippen LogP contribution is -2.07. The molecule has 0 aliphatic rings. The Hall–Kier alpha value is -3.11. The van der Waals surface area contributed by atoms with Crippen LogP contribution in [0.3, 0.4) is 0 Å². The number of thioether (sulfide) groups is 1. The second-order valence-electron chi connectivity index (χ2n) is 6.04. The van der Waals surface area contributed by atoms with Crippen LogP contribution in [0.25, 0.3) is 16.3 Å². The predicted molar refractivity (Wildman–Crippen MR) is 111 cm³/mol. The van der Waals surface area contributed by atoms with Gasteiger partial charge in [0.25, 0.3) is 0 Å². The number of hydrogen-bond donors (Lipinski definition) is 1. The zero-order valence-electron chi connectivity index (χ0n) is 15.2. The Morgan fingerprint density at radius 3 is 2.86 bits per heavy atom. The number of nitrogens with one attached hydrogen (secondary N) is 1. The number of carbonyl (C=O) groups is 1. The van der Waals surface area contributed by atoms with E-state index in [1.165, 1.54) is 42.2 Å². The molecule has 0 saturated heterocycles. The molecule has 7 nitrogen and oxygen atoms in total. The van der Waals surface area contributed by atoms with E-state index in [4.69, 9.17) is 0 Å². The first-order valence-electron chi connectivity index (χ1n) is 8.58. The van der Waals surface area contributed by atoms with Gasteiger partial charge >= 0.3 is 0 Å². The van der Waals surface area contributed by atoms with Crippen LogP contribution in [0.15, 0.2) is 59.1 Å². The van der Waals surface area contributed by atoms with Crippen molar-refractivity contribution in [1.29, 1.82) is 0 Å². The molecule has 146 valence electrons. The maximum Gasteiger partial charge on any atom is 0.221 e. The minimum absolute atomic E-state index is 0.144. The minimum atomic E-state index is -0.268. The minimum Gasteiger partial charge on any atom is -0.326 e. The summed E-state index contributed by atoms with van der Waals surface area (Å²) in [5.41, 5.74) is 3.19. The van der Waals surface area contributed by atoms with Crippen molar-refractivity contribution in [2.75, 3.05) is 5.32 Å². The van der Waals surface area contributed by atoms with E-state index in [-0.39, 0.29) is 11.7 Å². The van der Waals surface area contributed by atoms with Gasteiger partial charge in [0.15, 0.2) is 0 Å². The first-order valence-corrected chi connectivity index (χ1v) is 10.4. The highest BCUT2D eigenvalue weighted by atomic mass is 32.2. The van der Waals surface area contributed by atoms with Gasteiger partial charge in [-0.25, -0.2) is 9.37 Å². The van der Waals surface area contributed by atoms with E-state index in [2.05, 4.69) is 25.8 Å². The highest BCUT2D eigenvalue weighted by Crippen LogP contribution is 2.28. The van der Waals surface area contributed by atoms with Crippen molar-refractivity contribution in [3.8, 4) is 16.3 Å². The standard InChI is InChI=1S/C19H15FN6OS2/c1-12(27)21-15-3-2-4-17(9-15)26-19(23-24-25-26)29-11-16-10-28-18(22-16)13-5-7-14(20)8-6-13/h2-10H,11H2,1H3,(H,21,27). The molecule has 29 heavy (non-hydrogen) atoms. The lowest BCUT2D eigenvalue weighted by atomic mass is 10.2. The molecular formula is C19H15FN6OS2. The van der Waals surface area contributed by atoms with Crippen LogP contribution in [0.2, 0.25) is 0 Å². The molecule has 0 radical (unpaired) electrons. The highest BCUT2D eigenvalue weighted by Gasteiger charge is 2.12. The van der Waals surface area contributed by atoms with Crippen LogP contribution in [-0.2, 0) is 10.5 Å². The third-order valence-corrected chi connectivity index (χ3v) is 5.74. The van der Waals surface area contributed by atoms with Crippen LogP contribution in [0.4, 0.5) is 10.1 Å². The lowest BCUT2D eigenvalue weighted by Gasteiger charge is -2.06. The van der Waals surface area contributed by atoms with Gasteiger partial charge in [-0.05, 0) is 52.9 Å². The molecule has 0 atom stereocenters. The second-order valence-corrected chi connectivity index (χ2v) is 7.84. The van der Waals surface area contributed by atoms with Gasteiger partial charge in [0, 0.05) is 29.3 Å². The van der Waals surface area contributed by atoms with E-state index < -0.39 is 0 Å². The third kappa shape index (κ3) is 4.66. The highest BCUT2D eigenvalue weighted by molar-refractivity contribution is 7.98. The number of tetrazole rings is 1. The fourth-order valence-electron chi connectivity index (χ4n) is 2.59. The average molecular weight is 427 g/mol. The Labute approximate surface area is 174 Å². The van der Waals surface area contributed by atoms with Gasteiger partial charge in [-0.1, -0.05) is 17.8 Å².